The molecule has 7 heteroatoms. The monoisotopic (exact) mass is 454 g/mol. The predicted molar refractivity (Wildman–Crippen MR) is 141 cm³/mol. The summed E-state index contributed by atoms with van der Waals surface area (Å²) in [6.07, 6.45) is 8.93. The highest BCUT2D eigenvalue weighted by Gasteiger charge is 2.11. The van der Waals surface area contributed by atoms with Crippen molar-refractivity contribution < 1.29 is 4.79 Å². The average molecular weight is 455 g/mol. The summed E-state index contributed by atoms with van der Waals surface area (Å²) in [6, 6.07) is 19.1. The third-order valence-corrected chi connectivity index (χ3v) is 4.95. The number of nitrogens with one attached hydrogen (secondary N) is 1. The molecule has 0 aliphatic rings. The Kier molecular flexibility index (Phi) is 8.18. The number of nitrogens with zero attached hydrogens (tertiary/aromatic N) is 4. The first-order chi connectivity index (χ1) is 16.5. The topological polar surface area (TPSA) is 88.5 Å². The van der Waals surface area contributed by atoms with Gasteiger partial charge in [-0.1, -0.05) is 30.4 Å². The van der Waals surface area contributed by atoms with E-state index in [1.165, 1.54) is 6.20 Å². The number of amides is 1. The molecule has 2 heterocycles. The van der Waals surface area contributed by atoms with Crippen LogP contribution in [0.15, 0.2) is 85.2 Å². The normalized spacial score (nSPS) is 10.9. The highest BCUT2D eigenvalue weighted by Crippen LogP contribution is 2.24. The number of hydrogen-bond acceptors (Lipinski definition) is 5. The number of allylic oxidation sites excluding steroid dienone is 2. The van der Waals surface area contributed by atoms with E-state index in [0.29, 0.717) is 5.56 Å². The molecule has 0 spiro atoms. The Bertz CT molecular complexity index is 1320. The van der Waals surface area contributed by atoms with Gasteiger partial charge in [-0.2, -0.15) is 5.10 Å². The van der Waals surface area contributed by atoms with Crippen molar-refractivity contribution in [1.29, 1.82) is 0 Å². The van der Waals surface area contributed by atoms with Crippen LogP contribution in [0.25, 0.3) is 23.0 Å². The zero-order valence-corrected chi connectivity index (χ0v) is 19.9. The van der Waals surface area contributed by atoms with Crippen LogP contribution in [-0.2, 0) is 0 Å². The summed E-state index contributed by atoms with van der Waals surface area (Å²) < 4.78 is 1.82. The predicted octanol–water partition coefficient (Wildman–Crippen LogP) is 5.23. The number of aromatic nitrogens is 3. The largest absolute Gasteiger partial charge is 0.405 e. The first-order valence-corrected chi connectivity index (χ1v) is 11.0. The molecule has 0 aliphatic carbocycles. The van der Waals surface area contributed by atoms with Crippen molar-refractivity contribution in [2.45, 2.75) is 13.8 Å². The van der Waals surface area contributed by atoms with Gasteiger partial charge in [0.25, 0.3) is 5.91 Å². The molecule has 174 valence electrons. The molecular formula is C27H30N6O. The lowest BCUT2D eigenvalue weighted by Gasteiger charge is -2.14. The van der Waals surface area contributed by atoms with Crippen molar-refractivity contribution in [3.05, 3.63) is 96.5 Å². The Hall–Kier alpha value is -4.39. The maximum absolute atomic E-state index is 12.8. The third-order valence-electron chi connectivity index (χ3n) is 4.95. The maximum atomic E-state index is 12.8. The first-order valence-electron chi connectivity index (χ1n) is 11.0. The van der Waals surface area contributed by atoms with Gasteiger partial charge in [0.2, 0.25) is 0 Å². The molecule has 0 atom stereocenters. The van der Waals surface area contributed by atoms with Crippen molar-refractivity contribution in [1.82, 2.24) is 14.6 Å². The maximum Gasteiger partial charge on any atom is 0.255 e. The van der Waals surface area contributed by atoms with Crippen molar-refractivity contribution >= 4 is 29.0 Å². The summed E-state index contributed by atoms with van der Waals surface area (Å²) in [5.41, 5.74) is 10.6. The Labute approximate surface area is 200 Å². The lowest BCUT2D eigenvalue weighted by Crippen LogP contribution is -2.14. The van der Waals surface area contributed by atoms with Crippen LogP contribution < -0.4 is 16.0 Å². The van der Waals surface area contributed by atoms with Gasteiger partial charge in [-0.3, -0.25) is 4.79 Å². The number of carbonyl (C=O) groups is 1. The van der Waals surface area contributed by atoms with Crippen LogP contribution >= 0.6 is 0 Å². The fraction of sp³-hybridized carbons (Fsp3) is 0.148. The molecule has 4 rings (SSSR count). The standard InChI is InChI=1S/C24H23N5O.C3H7N/c1-4-7-20-16-23-25-13-12-22(29(23)27-20)17-8-5-10-19(14-17)26-24(30)18-9-6-11-21(15-18)28(2)3;1-2-3-4/h4-16H,1-3H3,(H,26,30);2-3H,4H2,1H3/b7-4+;3-2-. The van der Waals surface area contributed by atoms with Gasteiger partial charge in [0, 0.05) is 48.9 Å². The van der Waals surface area contributed by atoms with E-state index in [9.17, 15) is 4.79 Å². The SMILES string of the molecule is C/C=C/c1cc2nccc(-c3cccc(NC(=O)c4cccc(N(C)C)c4)c3)n2n1.C/C=C\N. The highest BCUT2D eigenvalue weighted by atomic mass is 16.1. The summed E-state index contributed by atoms with van der Waals surface area (Å²) in [4.78, 5) is 19.1. The lowest BCUT2D eigenvalue weighted by atomic mass is 10.1. The fourth-order valence-electron chi connectivity index (χ4n) is 3.27. The quantitative estimate of drug-likeness (QED) is 0.431. The van der Waals surface area contributed by atoms with Crippen LogP contribution in [0.2, 0.25) is 0 Å². The highest BCUT2D eigenvalue weighted by molar-refractivity contribution is 6.05. The van der Waals surface area contributed by atoms with Crippen LogP contribution in [0.3, 0.4) is 0 Å². The summed E-state index contributed by atoms with van der Waals surface area (Å²) in [6.45, 7) is 3.83. The Balaban J connectivity index is 0.000000751. The van der Waals surface area contributed by atoms with Crippen molar-refractivity contribution in [3.63, 3.8) is 0 Å². The van der Waals surface area contributed by atoms with Gasteiger partial charge in [-0.15, -0.1) is 0 Å². The Morgan fingerprint density at radius 2 is 1.79 bits per heavy atom. The lowest BCUT2D eigenvalue weighted by molar-refractivity contribution is 0.102. The minimum absolute atomic E-state index is 0.148. The number of fused-ring (bicyclic) bond motifs is 1. The number of hydrogen-bond donors (Lipinski definition) is 2. The molecule has 0 unspecified atom stereocenters. The van der Waals surface area contributed by atoms with Gasteiger partial charge in [0.15, 0.2) is 5.65 Å². The van der Waals surface area contributed by atoms with Crippen LogP contribution in [-0.4, -0.2) is 34.6 Å². The molecule has 0 fully saturated rings. The molecular weight excluding hydrogens is 424 g/mol. The molecule has 0 saturated heterocycles. The minimum Gasteiger partial charge on any atom is -0.405 e. The minimum atomic E-state index is -0.148. The number of carbonyl (C=O) groups excluding carboxylic acids is 1. The fourth-order valence-corrected chi connectivity index (χ4v) is 3.27. The van der Waals surface area contributed by atoms with Crippen LogP contribution in [0.1, 0.15) is 29.9 Å². The Morgan fingerprint density at radius 1 is 1.03 bits per heavy atom. The summed E-state index contributed by atoms with van der Waals surface area (Å²) in [7, 11) is 3.90. The molecule has 0 saturated carbocycles. The molecule has 2 aromatic heterocycles. The molecule has 4 aromatic rings. The van der Waals surface area contributed by atoms with Gasteiger partial charge in [-0.25, -0.2) is 9.50 Å². The number of rotatable bonds is 5. The average Bonchev–Trinajstić information content (AvgIpc) is 3.27. The molecule has 0 bridgehead atoms. The van der Waals surface area contributed by atoms with Gasteiger partial charge < -0.3 is 16.0 Å². The van der Waals surface area contributed by atoms with Gasteiger partial charge in [0.1, 0.15) is 0 Å². The van der Waals surface area contributed by atoms with Crippen molar-refractivity contribution in [3.8, 4) is 11.3 Å². The number of benzene rings is 2. The van der Waals surface area contributed by atoms with Gasteiger partial charge in [0.05, 0.1) is 11.4 Å². The van der Waals surface area contributed by atoms with E-state index in [-0.39, 0.29) is 5.91 Å². The molecule has 3 N–H and O–H groups in total. The van der Waals surface area contributed by atoms with Crippen molar-refractivity contribution in [2.75, 3.05) is 24.3 Å². The molecule has 0 aliphatic heterocycles. The van der Waals surface area contributed by atoms with E-state index < -0.39 is 0 Å². The first kappa shape index (κ1) is 24.3. The van der Waals surface area contributed by atoms with E-state index in [0.717, 1.165) is 34.0 Å². The van der Waals surface area contributed by atoms with Crippen LogP contribution in [0.5, 0.6) is 0 Å². The zero-order valence-electron chi connectivity index (χ0n) is 19.9. The van der Waals surface area contributed by atoms with E-state index in [4.69, 9.17) is 5.73 Å². The zero-order chi connectivity index (χ0) is 24.5. The molecule has 34 heavy (non-hydrogen) atoms. The van der Waals surface area contributed by atoms with Crippen LogP contribution in [0.4, 0.5) is 11.4 Å². The molecule has 1 amide bonds. The Morgan fingerprint density at radius 3 is 2.50 bits per heavy atom. The van der Waals surface area contributed by atoms with Crippen LogP contribution in [0, 0.1) is 0 Å². The number of nitrogens with two attached hydrogens (primary N) is 1. The number of anilines is 2. The second kappa shape index (κ2) is 11.5. The smallest absolute Gasteiger partial charge is 0.255 e. The van der Waals surface area contributed by atoms with Gasteiger partial charge in [-0.05, 0) is 62.5 Å². The third kappa shape index (κ3) is 5.89. The molecule has 0 radical (unpaired) electrons. The summed E-state index contributed by atoms with van der Waals surface area (Å²) in [5.74, 6) is -0.148. The van der Waals surface area contributed by atoms with E-state index in [2.05, 4.69) is 15.4 Å². The van der Waals surface area contributed by atoms with E-state index in [1.54, 1.807) is 12.3 Å². The van der Waals surface area contributed by atoms with E-state index >= 15 is 0 Å². The second-order valence-corrected chi connectivity index (χ2v) is 7.67. The second-order valence-electron chi connectivity index (χ2n) is 7.67. The molecule has 2 aromatic carbocycles. The van der Waals surface area contributed by atoms with Crippen molar-refractivity contribution in [2.24, 2.45) is 5.73 Å². The molecule has 7 nitrogen and oxygen atoms in total. The summed E-state index contributed by atoms with van der Waals surface area (Å²) in [5, 5.41) is 7.61. The van der Waals surface area contributed by atoms with E-state index in [1.807, 2.05) is 110 Å². The summed E-state index contributed by atoms with van der Waals surface area (Å²) >= 11 is 0. The van der Waals surface area contributed by atoms with Gasteiger partial charge >= 0.3 is 0 Å².